The Labute approximate surface area is 188 Å². The average Bonchev–Trinajstić information content (AvgIpc) is 2.78. The number of carbonyl (C=O) groups excluding carboxylic acids is 2. The second-order valence-electron chi connectivity index (χ2n) is 7.56. The van der Waals surface area contributed by atoms with E-state index in [0.717, 1.165) is 37.0 Å². The molecule has 1 amide bonds. The number of benzene rings is 2. The van der Waals surface area contributed by atoms with Gasteiger partial charge >= 0.3 is 5.97 Å². The minimum atomic E-state index is -3.82. The lowest BCUT2D eigenvalue weighted by Crippen LogP contribution is -2.34. The van der Waals surface area contributed by atoms with E-state index in [4.69, 9.17) is 4.74 Å². The number of aromatic hydroxyl groups is 1. The average molecular weight is 461 g/mol. The number of phenolic OH excluding ortho intramolecular Hbond substituents is 1. The molecular formula is C23H28N2O6S. The van der Waals surface area contributed by atoms with Crippen molar-refractivity contribution in [3.63, 3.8) is 0 Å². The number of fused-ring (bicyclic) bond motifs is 1. The van der Waals surface area contributed by atoms with Gasteiger partial charge in [0.2, 0.25) is 10.0 Å². The summed E-state index contributed by atoms with van der Waals surface area (Å²) in [6.45, 7) is 3.41. The molecule has 0 fully saturated rings. The van der Waals surface area contributed by atoms with E-state index in [1.54, 1.807) is 13.8 Å². The van der Waals surface area contributed by atoms with Crippen molar-refractivity contribution in [2.75, 3.05) is 19.7 Å². The number of rotatable bonds is 8. The van der Waals surface area contributed by atoms with E-state index in [0.29, 0.717) is 0 Å². The Morgan fingerprint density at radius 1 is 1.16 bits per heavy atom. The molecule has 2 aromatic carbocycles. The van der Waals surface area contributed by atoms with Gasteiger partial charge in [-0.05, 0) is 48.6 Å². The Hall–Kier alpha value is -2.91. The SMILES string of the molecule is CCN(CC)S(=O)(=O)c1ccc(O)c(C(=O)OCC(=O)NC2CCCc3ccccc32)c1. The van der Waals surface area contributed by atoms with Crippen LogP contribution in [0.25, 0.3) is 0 Å². The second kappa shape index (κ2) is 10.1. The maximum Gasteiger partial charge on any atom is 0.342 e. The first kappa shape index (κ1) is 23.7. The molecule has 1 aliphatic carbocycles. The number of ether oxygens (including phenoxy) is 1. The third kappa shape index (κ3) is 5.11. The van der Waals surface area contributed by atoms with Crippen molar-refractivity contribution in [2.24, 2.45) is 0 Å². The molecule has 1 unspecified atom stereocenters. The van der Waals surface area contributed by atoms with Crippen molar-refractivity contribution in [1.82, 2.24) is 9.62 Å². The lowest BCUT2D eigenvalue weighted by atomic mass is 9.88. The highest BCUT2D eigenvalue weighted by Gasteiger charge is 2.26. The number of carbonyl (C=O) groups is 2. The highest BCUT2D eigenvalue weighted by Crippen LogP contribution is 2.29. The lowest BCUT2D eigenvalue weighted by molar-refractivity contribution is -0.125. The number of sulfonamides is 1. The van der Waals surface area contributed by atoms with Crippen molar-refractivity contribution >= 4 is 21.9 Å². The van der Waals surface area contributed by atoms with Crippen LogP contribution in [0.5, 0.6) is 5.75 Å². The molecule has 1 aliphatic rings. The monoisotopic (exact) mass is 460 g/mol. The molecule has 0 radical (unpaired) electrons. The summed E-state index contributed by atoms with van der Waals surface area (Å²) < 4.78 is 31.7. The van der Waals surface area contributed by atoms with E-state index < -0.39 is 34.3 Å². The van der Waals surface area contributed by atoms with Gasteiger partial charge in [0.05, 0.1) is 10.9 Å². The van der Waals surface area contributed by atoms with Crippen molar-refractivity contribution in [3.8, 4) is 5.75 Å². The number of hydrogen-bond acceptors (Lipinski definition) is 6. The summed E-state index contributed by atoms with van der Waals surface area (Å²) in [5.74, 6) is -1.86. The van der Waals surface area contributed by atoms with Gasteiger partial charge in [0.1, 0.15) is 11.3 Å². The first-order valence-electron chi connectivity index (χ1n) is 10.6. The summed E-state index contributed by atoms with van der Waals surface area (Å²) in [7, 11) is -3.82. The first-order chi connectivity index (χ1) is 15.3. The van der Waals surface area contributed by atoms with Gasteiger partial charge in [0, 0.05) is 13.1 Å². The molecular weight excluding hydrogens is 432 g/mol. The van der Waals surface area contributed by atoms with E-state index in [1.807, 2.05) is 24.3 Å². The van der Waals surface area contributed by atoms with Gasteiger partial charge < -0.3 is 15.2 Å². The van der Waals surface area contributed by atoms with E-state index in [9.17, 15) is 23.1 Å². The highest BCUT2D eigenvalue weighted by atomic mass is 32.2. The topological polar surface area (TPSA) is 113 Å². The fourth-order valence-corrected chi connectivity index (χ4v) is 5.39. The van der Waals surface area contributed by atoms with Gasteiger partial charge in [-0.25, -0.2) is 13.2 Å². The normalized spacial score (nSPS) is 15.8. The van der Waals surface area contributed by atoms with Gasteiger partial charge in [-0.15, -0.1) is 0 Å². The number of aryl methyl sites for hydroxylation is 1. The number of hydrogen-bond donors (Lipinski definition) is 2. The van der Waals surface area contributed by atoms with Crippen LogP contribution in [0.4, 0.5) is 0 Å². The molecule has 0 saturated carbocycles. The van der Waals surface area contributed by atoms with E-state index >= 15 is 0 Å². The predicted octanol–water partition coefficient (Wildman–Crippen LogP) is 2.77. The molecule has 172 valence electrons. The zero-order chi connectivity index (χ0) is 23.3. The number of nitrogens with zero attached hydrogens (tertiary/aromatic N) is 1. The largest absolute Gasteiger partial charge is 0.507 e. The molecule has 8 nitrogen and oxygen atoms in total. The molecule has 2 aromatic rings. The van der Waals surface area contributed by atoms with Crippen LogP contribution < -0.4 is 5.32 Å². The van der Waals surface area contributed by atoms with Gasteiger partial charge in [-0.2, -0.15) is 4.31 Å². The fourth-order valence-electron chi connectivity index (χ4n) is 3.90. The standard InChI is InChI=1S/C23H28N2O6S/c1-3-25(4-2)32(29,30)17-12-13-21(26)19(14-17)23(28)31-15-22(27)24-20-11-7-9-16-8-5-6-10-18(16)20/h5-6,8,10,12-14,20,26H,3-4,7,9,11,15H2,1-2H3,(H,24,27). The zero-order valence-electron chi connectivity index (χ0n) is 18.2. The maximum absolute atomic E-state index is 12.7. The molecule has 0 bridgehead atoms. The zero-order valence-corrected chi connectivity index (χ0v) is 19.0. The van der Waals surface area contributed by atoms with Crippen molar-refractivity contribution in [2.45, 2.75) is 44.0 Å². The number of esters is 1. The molecule has 0 aliphatic heterocycles. The molecule has 1 atom stereocenters. The summed E-state index contributed by atoms with van der Waals surface area (Å²) in [5, 5.41) is 12.9. The Morgan fingerprint density at radius 2 is 1.88 bits per heavy atom. The molecule has 32 heavy (non-hydrogen) atoms. The maximum atomic E-state index is 12.7. The highest BCUT2D eigenvalue weighted by molar-refractivity contribution is 7.89. The smallest absolute Gasteiger partial charge is 0.342 e. The Bertz CT molecular complexity index is 1100. The molecule has 0 aromatic heterocycles. The molecule has 0 heterocycles. The summed E-state index contributed by atoms with van der Waals surface area (Å²) in [6, 6.07) is 11.2. The fraction of sp³-hybridized carbons (Fsp3) is 0.391. The minimum Gasteiger partial charge on any atom is -0.507 e. The van der Waals surface area contributed by atoms with Gasteiger partial charge in [0.25, 0.3) is 5.91 Å². The molecule has 3 rings (SSSR count). The van der Waals surface area contributed by atoms with Crippen LogP contribution in [-0.4, -0.2) is 49.4 Å². The van der Waals surface area contributed by atoms with Gasteiger partial charge in [-0.1, -0.05) is 38.1 Å². The van der Waals surface area contributed by atoms with Crippen molar-refractivity contribution < 1.29 is 27.9 Å². The Kier molecular flexibility index (Phi) is 7.52. The summed E-state index contributed by atoms with van der Waals surface area (Å²) in [5.41, 5.74) is 1.94. The Morgan fingerprint density at radius 3 is 2.59 bits per heavy atom. The van der Waals surface area contributed by atoms with Crippen LogP contribution in [0.3, 0.4) is 0 Å². The molecule has 0 spiro atoms. The number of amides is 1. The van der Waals surface area contributed by atoms with Crippen LogP contribution in [0.1, 0.15) is 54.2 Å². The van der Waals surface area contributed by atoms with E-state index in [1.165, 1.54) is 15.9 Å². The predicted molar refractivity (Wildman–Crippen MR) is 119 cm³/mol. The van der Waals surface area contributed by atoms with Crippen LogP contribution in [0.15, 0.2) is 47.4 Å². The molecule has 2 N–H and O–H groups in total. The van der Waals surface area contributed by atoms with Crippen LogP contribution >= 0.6 is 0 Å². The van der Waals surface area contributed by atoms with Gasteiger partial charge in [0.15, 0.2) is 6.61 Å². The summed E-state index contributed by atoms with van der Waals surface area (Å²) in [4.78, 5) is 24.7. The Balaban J connectivity index is 1.67. The number of nitrogens with one attached hydrogen (secondary N) is 1. The second-order valence-corrected chi connectivity index (χ2v) is 9.49. The van der Waals surface area contributed by atoms with Crippen LogP contribution in [0, 0.1) is 0 Å². The summed E-state index contributed by atoms with van der Waals surface area (Å²) >= 11 is 0. The van der Waals surface area contributed by atoms with Crippen LogP contribution in [-0.2, 0) is 26.0 Å². The quantitative estimate of drug-likeness (QED) is 0.586. The molecule has 9 heteroatoms. The van der Waals surface area contributed by atoms with E-state index in [-0.39, 0.29) is 29.6 Å². The summed E-state index contributed by atoms with van der Waals surface area (Å²) in [6.07, 6.45) is 2.70. The minimum absolute atomic E-state index is 0.130. The number of phenols is 1. The van der Waals surface area contributed by atoms with Crippen molar-refractivity contribution in [1.29, 1.82) is 0 Å². The van der Waals surface area contributed by atoms with Crippen LogP contribution in [0.2, 0.25) is 0 Å². The van der Waals surface area contributed by atoms with E-state index in [2.05, 4.69) is 5.32 Å². The first-order valence-corrected chi connectivity index (χ1v) is 12.1. The molecule has 0 saturated heterocycles. The van der Waals surface area contributed by atoms with Crippen molar-refractivity contribution in [3.05, 3.63) is 59.2 Å². The third-order valence-electron chi connectivity index (χ3n) is 5.57. The lowest BCUT2D eigenvalue weighted by Gasteiger charge is -2.26. The third-order valence-corrected chi connectivity index (χ3v) is 7.62. The van der Waals surface area contributed by atoms with Gasteiger partial charge in [-0.3, -0.25) is 4.79 Å².